The van der Waals surface area contributed by atoms with Crippen molar-refractivity contribution in [3.8, 4) is 0 Å². The van der Waals surface area contributed by atoms with Crippen molar-refractivity contribution in [2.24, 2.45) is 10.7 Å². The monoisotopic (exact) mass is 259 g/mol. The summed E-state index contributed by atoms with van der Waals surface area (Å²) in [6.45, 7) is 5.28. The maximum atomic E-state index is 12.1. The number of nitrogens with one attached hydrogen (secondary N) is 1. The fourth-order valence-corrected chi connectivity index (χ4v) is 1.95. The first-order valence-electron chi connectivity index (χ1n) is 6.08. The maximum Gasteiger partial charge on any atom is 0.264 e. The van der Waals surface area contributed by atoms with Gasteiger partial charge in [0.15, 0.2) is 0 Å². The molecule has 3 N–H and O–H groups in total. The van der Waals surface area contributed by atoms with Crippen LogP contribution in [0.5, 0.6) is 0 Å². The van der Waals surface area contributed by atoms with E-state index in [0.717, 1.165) is 5.56 Å². The lowest BCUT2D eigenvalue weighted by atomic mass is 9.93. The van der Waals surface area contributed by atoms with Crippen molar-refractivity contribution in [3.63, 3.8) is 0 Å². The molecular formula is C14H17N3O2. The molecule has 0 bridgehead atoms. The fraction of sp³-hybridized carbons (Fsp3) is 0.357. The first-order chi connectivity index (χ1) is 8.79. The summed E-state index contributed by atoms with van der Waals surface area (Å²) in [6, 6.07) is 7.29. The molecule has 5 heteroatoms. The van der Waals surface area contributed by atoms with Gasteiger partial charge >= 0.3 is 0 Å². The molecule has 1 aromatic carbocycles. The van der Waals surface area contributed by atoms with Gasteiger partial charge in [-0.3, -0.25) is 9.59 Å². The second-order valence-electron chi connectivity index (χ2n) is 5.36. The molecule has 0 saturated carbocycles. The Kier molecular flexibility index (Phi) is 3.24. The molecule has 1 aliphatic rings. The minimum atomic E-state index is -0.883. The molecule has 5 nitrogen and oxygen atoms in total. The number of benzene rings is 1. The second kappa shape index (κ2) is 4.59. The van der Waals surface area contributed by atoms with Gasteiger partial charge in [0.1, 0.15) is 11.8 Å². The molecule has 100 valence electrons. The number of amides is 2. The number of aryl methyl sites for hydroxylation is 1. The average molecular weight is 259 g/mol. The average Bonchev–Trinajstić information content (AvgIpc) is 2.26. The van der Waals surface area contributed by atoms with Crippen LogP contribution in [0.4, 0.5) is 0 Å². The molecule has 1 aromatic rings. The lowest BCUT2D eigenvalue weighted by molar-refractivity contribution is -0.130. The fourth-order valence-electron chi connectivity index (χ4n) is 1.95. The zero-order valence-corrected chi connectivity index (χ0v) is 11.2. The Morgan fingerprint density at radius 1 is 1.32 bits per heavy atom. The van der Waals surface area contributed by atoms with E-state index < -0.39 is 17.4 Å². The van der Waals surface area contributed by atoms with Gasteiger partial charge in [0.2, 0.25) is 5.91 Å². The number of carbonyl (C=O) groups excluding carboxylic acids is 2. The number of aliphatic imine (C=N–C) groups is 1. The summed E-state index contributed by atoms with van der Waals surface area (Å²) < 4.78 is 0. The van der Waals surface area contributed by atoms with Gasteiger partial charge in [-0.2, -0.15) is 4.99 Å². The van der Waals surface area contributed by atoms with Crippen LogP contribution in [0.2, 0.25) is 0 Å². The van der Waals surface area contributed by atoms with Crippen LogP contribution >= 0.6 is 0 Å². The normalized spacial score (nSPS) is 20.0. The van der Waals surface area contributed by atoms with E-state index in [-0.39, 0.29) is 11.7 Å². The van der Waals surface area contributed by atoms with Gasteiger partial charge < -0.3 is 11.1 Å². The van der Waals surface area contributed by atoms with Crippen LogP contribution in [-0.2, 0) is 9.59 Å². The summed E-state index contributed by atoms with van der Waals surface area (Å²) in [5.74, 6) is -1.51. The van der Waals surface area contributed by atoms with Gasteiger partial charge in [-0.15, -0.1) is 0 Å². The molecule has 1 atom stereocenters. The summed E-state index contributed by atoms with van der Waals surface area (Å²) in [6.07, 6.45) is 0. The van der Waals surface area contributed by atoms with Crippen LogP contribution in [0.3, 0.4) is 0 Å². The smallest absolute Gasteiger partial charge is 0.264 e. The molecule has 0 radical (unpaired) electrons. The number of carbonyl (C=O) groups is 2. The van der Waals surface area contributed by atoms with Crippen LogP contribution in [-0.4, -0.2) is 23.2 Å². The minimum Gasteiger partial charge on any atom is -0.319 e. The third kappa shape index (κ3) is 2.71. The summed E-state index contributed by atoms with van der Waals surface area (Å²) in [7, 11) is 0. The van der Waals surface area contributed by atoms with Gasteiger partial charge in [0.25, 0.3) is 5.91 Å². The highest BCUT2D eigenvalue weighted by Crippen LogP contribution is 2.22. The highest BCUT2D eigenvalue weighted by molar-refractivity contribution is 6.20. The molecule has 0 aromatic heterocycles. The van der Waals surface area contributed by atoms with Gasteiger partial charge in [-0.05, 0) is 26.3 Å². The summed E-state index contributed by atoms with van der Waals surface area (Å²) in [5.41, 5.74) is 6.65. The summed E-state index contributed by atoms with van der Waals surface area (Å²) in [5, 5.41) is 2.62. The zero-order chi connectivity index (χ0) is 14.2. The SMILES string of the molecule is Cc1cccc(C2C(=O)N=C(C(C)(C)N)NC2=O)c1. The highest BCUT2D eigenvalue weighted by Gasteiger charge is 2.36. The number of rotatable bonds is 2. The number of hydrogen-bond donors (Lipinski definition) is 2. The van der Waals surface area contributed by atoms with E-state index in [0.29, 0.717) is 5.56 Å². The van der Waals surface area contributed by atoms with Gasteiger partial charge in [-0.1, -0.05) is 29.8 Å². The Hall–Kier alpha value is -2.01. The van der Waals surface area contributed by atoms with Crippen molar-refractivity contribution >= 4 is 17.6 Å². The Labute approximate surface area is 111 Å². The lowest BCUT2D eigenvalue weighted by Crippen LogP contribution is -2.55. The van der Waals surface area contributed by atoms with Gasteiger partial charge in [0, 0.05) is 0 Å². The Bertz CT molecular complexity index is 570. The largest absolute Gasteiger partial charge is 0.319 e. The van der Waals surface area contributed by atoms with Crippen molar-refractivity contribution in [2.75, 3.05) is 0 Å². The standard InChI is InChI=1S/C14H17N3O2/c1-8-5-4-6-9(7-8)10-11(18)16-13(14(2,3)15)17-12(10)19/h4-7,10H,15H2,1-3H3,(H,16,17,18,19). The number of nitrogens with two attached hydrogens (primary N) is 1. The van der Waals surface area contributed by atoms with E-state index >= 15 is 0 Å². The highest BCUT2D eigenvalue weighted by atomic mass is 16.2. The van der Waals surface area contributed by atoms with Crippen molar-refractivity contribution in [1.29, 1.82) is 0 Å². The topological polar surface area (TPSA) is 84.6 Å². The van der Waals surface area contributed by atoms with Gasteiger partial charge in [0.05, 0.1) is 5.54 Å². The molecular weight excluding hydrogens is 242 g/mol. The number of amidine groups is 1. The van der Waals surface area contributed by atoms with Crippen LogP contribution in [0.15, 0.2) is 29.3 Å². The zero-order valence-electron chi connectivity index (χ0n) is 11.2. The number of hydrogen-bond acceptors (Lipinski definition) is 3. The van der Waals surface area contributed by atoms with Crippen LogP contribution in [0.25, 0.3) is 0 Å². The van der Waals surface area contributed by atoms with E-state index in [1.807, 2.05) is 25.1 Å². The molecule has 2 amide bonds. The predicted octanol–water partition coefficient (Wildman–Crippen LogP) is 0.871. The number of nitrogens with zero attached hydrogens (tertiary/aromatic N) is 1. The summed E-state index contributed by atoms with van der Waals surface area (Å²) in [4.78, 5) is 28.1. The van der Waals surface area contributed by atoms with Crippen LogP contribution < -0.4 is 11.1 Å². The Balaban J connectivity index is 2.38. The third-order valence-corrected chi connectivity index (χ3v) is 2.96. The Morgan fingerprint density at radius 3 is 2.53 bits per heavy atom. The molecule has 2 rings (SSSR count). The van der Waals surface area contributed by atoms with Crippen molar-refractivity contribution in [3.05, 3.63) is 35.4 Å². The van der Waals surface area contributed by atoms with Crippen LogP contribution in [0.1, 0.15) is 30.9 Å². The minimum absolute atomic E-state index is 0.214. The van der Waals surface area contributed by atoms with E-state index in [4.69, 9.17) is 5.73 Å². The molecule has 0 saturated heterocycles. The molecule has 0 spiro atoms. The predicted molar refractivity (Wildman–Crippen MR) is 72.8 cm³/mol. The van der Waals surface area contributed by atoms with Crippen molar-refractivity contribution in [1.82, 2.24) is 5.32 Å². The molecule has 0 aliphatic carbocycles. The van der Waals surface area contributed by atoms with E-state index in [2.05, 4.69) is 10.3 Å². The van der Waals surface area contributed by atoms with Crippen molar-refractivity contribution < 1.29 is 9.59 Å². The molecule has 1 heterocycles. The molecule has 1 aliphatic heterocycles. The maximum absolute atomic E-state index is 12.1. The molecule has 19 heavy (non-hydrogen) atoms. The third-order valence-electron chi connectivity index (χ3n) is 2.96. The lowest BCUT2D eigenvalue weighted by Gasteiger charge is -2.27. The second-order valence-corrected chi connectivity index (χ2v) is 5.36. The first-order valence-corrected chi connectivity index (χ1v) is 6.08. The van der Waals surface area contributed by atoms with Crippen molar-refractivity contribution in [2.45, 2.75) is 32.2 Å². The quantitative estimate of drug-likeness (QED) is 0.773. The Morgan fingerprint density at radius 2 is 2.00 bits per heavy atom. The summed E-state index contributed by atoms with van der Waals surface area (Å²) >= 11 is 0. The van der Waals surface area contributed by atoms with E-state index in [1.54, 1.807) is 19.9 Å². The van der Waals surface area contributed by atoms with E-state index in [1.165, 1.54) is 0 Å². The molecule has 1 unspecified atom stereocenters. The molecule has 0 fully saturated rings. The first kappa shape index (κ1) is 13.4. The van der Waals surface area contributed by atoms with Gasteiger partial charge in [-0.25, -0.2) is 0 Å². The van der Waals surface area contributed by atoms with E-state index in [9.17, 15) is 9.59 Å². The van der Waals surface area contributed by atoms with Crippen LogP contribution in [0, 0.1) is 6.92 Å².